The minimum atomic E-state index is -2.21. The molecule has 4 nitrogen and oxygen atoms in total. The summed E-state index contributed by atoms with van der Waals surface area (Å²) >= 11 is 4.64. The van der Waals surface area contributed by atoms with Crippen LogP contribution >= 0.6 is 11.6 Å². The topological polar surface area (TPSA) is 59.2 Å². The molecule has 0 bridgehead atoms. The van der Waals surface area contributed by atoms with Crippen LogP contribution in [0.5, 0.6) is 0 Å². The van der Waals surface area contributed by atoms with Gasteiger partial charge in [-0.3, -0.25) is 0 Å². The lowest BCUT2D eigenvalue weighted by atomic mass is 10.1. The van der Waals surface area contributed by atoms with Gasteiger partial charge in [0.1, 0.15) is 5.22 Å². The normalized spacial score (nSPS) is 24.3. The van der Waals surface area contributed by atoms with Gasteiger partial charge in [-0.15, -0.1) is 11.6 Å². The third kappa shape index (κ3) is 4.96. The van der Waals surface area contributed by atoms with E-state index < -0.39 is 8.56 Å². The number of ether oxygens (including phenoxy) is 1. The van der Waals surface area contributed by atoms with E-state index in [2.05, 4.69) is 39.3 Å². The SMILES string of the molecule is CCOC1(CC)CCCC[Si]1(OCC)OCC.CCl.O. The molecule has 0 aromatic rings. The molecule has 1 saturated heterocycles. The van der Waals surface area contributed by atoms with Gasteiger partial charge in [0, 0.05) is 26.2 Å². The summed E-state index contributed by atoms with van der Waals surface area (Å²) in [5.74, 6) is 0. The minimum absolute atomic E-state index is 0. The van der Waals surface area contributed by atoms with Crippen LogP contribution in [-0.2, 0) is 13.6 Å². The highest BCUT2D eigenvalue weighted by Gasteiger charge is 2.58. The smallest absolute Gasteiger partial charge is 0.371 e. The Bertz CT molecular complexity index is 216. The van der Waals surface area contributed by atoms with Gasteiger partial charge in [-0.1, -0.05) is 19.8 Å². The molecule has 0 aromatic heterocycles. The van der Waals surface area contributed by atoms with Crippen LogP contribution in [0.25, 0.3) is 0 Å². The van der Waals surface area contributed by atoms with Gasteiger partial charge in [0.15, 0.2) is 0 Å². The first-order chi connectivity index (χ1) is 9.20. The second kappa shape index (κ2) is 11.9. The van der Waals surface area contributed by atoms with E-state index in [0.29, 0.717) is 0 Å². The van der Waals surface area contributed by atoms with Crippen molar-refractivity contribution in [2.45, 2.75) is 64.6 Å². The second-order valence-corrected chi connectivity index (χ2v) is 8.10. The molecule has 1 fully saturated rings. The fourth-order valence-electron chi connectivity index (χ4n) is 3.11. The zero-order valence-corrected chi connectivity index (χ0v) is 15.5. The number of rotatable bonds is 7. The molecular formula is C14H33ClO4Si. The Morgan fingerprint density at radius 2 is 1.50 bits per heavy atom. The van der Waals surface area contributed by atoms with E-state index in [-0.39, 0.29) is 10.7 Å². The van der Waals surface area contributed by atoms with E-state index in [9.17, 15) is 0 Å². The maximum Gasteiger partial charge on any atom is 0.371 e. The van der Waals surface area contributed by atoms with Crippen molar-refractivity contribution in [3.63, 3.8) is 0 Å². The van der Waals surface area contributed by atoms with Crippen molar-refractivity contribution in [1.82, 2.24) is 0 Å². The van der Waals surface area contributed by atoms with Crippen molar-refractivity contribution in [2.75, 3.05) is 26.2 Å². The minimum Gasteiger partial charge on any atom is -0.412 e. The summed E-state index contributed by atoms with van der Waals surface area (Å²) in [4.78, 5) is 0. The first kappa shape index (κ1) is 22.6. The van der Waals surface area contributed by atoms with Gasteiger partial charge < -0.3 is 19.1 Å². The highest BCUT2D eigenvalue weighted by molar-refractivity contribution is 6.70. The summed E-state index contributed by atoms with van der Waals surface area (Å²) in [6.07, 6.45) is 6.04. The highest BCUT2D eigenvalue weighted by atomic mass is 35.5. The molecule has 1 aliphatic heterocycles. The number of hydrogen-bond donors (Lipinski definition) is 0. The van der Waals surface area contributed by atoms with Gasteiger partial charge in [-0.25, -0.2) is 0 Å². The molecule has 0 radical (unpaired) electrons. The molecule has 2 N–H and O–H groups in total. The van der Waals surface area contributed by atoms with Crippen molar-refractivity contribution < 1.29 is 19.1 Å². The Hall–Kier alpha value is 0.347. The summed E-state index contributed by atoms with van der Waals surface area (Å²) in [5.41, 5.74) is 0. The van der Waals surface area contributed by atoms with Gasteiger partial charge in [0.05, 0.1) is 0 Å². The summed E-state index contributed by atoms with van der Waals surface area (Å²) in [7, 11) is -2.21. The standard InChI is InChI=1S/C13H28O3Si.CH3Cl.H2O/c1-5-13(14-6-2)11-9-10-12-17(13,15-7-3)16-8-4;1-2;/h5-12H2,1-4H3;1H3;1H2. The van der Waals surface area contributed by atoms with E-state index in [1.54, 1.807) is 0 Å². The highest BCUT2D eigenvalue weighted by Crippen LogP contribution is 2.42. The molecule has 1 aliphatic rings. The molecule has 0 aromatic carbocycles. The molecule has 0 spiro atoms. The first-order valence-corrected chi connectivity index (χ1v) is 10.3. The van der Waals surface area contributed by atoms with Gasteiger partial charge >= 0.3 is 8.56 Å². The van der Waals surface area contributed by atoms with Crippen LogP contribution in [0.3, 0.4) is 0 Å². The van der Waals surface area contributed by atoms with Crippen LogP contribution in [0, 0.1) is 0 Å². The van der Waals surface area contributed by atoms with Crippen molar-refractivity contribution in [3.8, 4) is 0 Å². The Kier molecular flexibility index (Phi) is 13.5. The summed E-state index contributed by atoms with van der Waals surface area (Å²) in [6.45, 7) is 10.6. The average Bonchev–Trinajstić information content (AvgIpc) is 2.44. The predicted octanol–water partition coefficient (Wildman–Crippen LogP) is 3.44. The van der Waals surface area contributed by atoms with Crippen LogP contribution < -0.4 is 0 Å². The van der Waals surface area contributed by atoms with Crippen LogP contribution in [0.4, 0.5) is 0 Å². The van der Waals surface area contributed by atoms with Gasteiger partial charge in [-0.05, 0) is 39.7 Å². The molecule has 0 saturated carbocycles. The zero-order chi connectivity index (χ0) is 14.8. The monoisotopic (exact) mass is 328 g/mol. The molecule has 0 amide bonds. The van der Waals surface area contributed by atoms with E-state index >= 15 is 0 Å². The predicted molar refractivity (Wildman–Crippen MR) is 87.7 cm³/mol. The molecule has 1 atom stereocenters. The lowest BCUT2D eigenvalue weighted by Gasteiger charge is -2.49. The van der Waals surface area contributed by atoms with Crippen LogP contribution in [0.1, 0.15) is 53.4 Å². The Labute approximate surface area is 130 Å². The zero-order valence-electron chi connectivity index (χ0n) is 13.8. The van der Waals surface area contributed by atoms with E-state index in [4.69, 9.17) is 13.6 Å². The van der Waals surface area contributed by atoms with Gasteiger partial charge in [0.25, 0.3) is 0 Å². The molecule has 6 heteroatoms. The number of alkyl halides is 1. The summed E-state index contributed by atoms with van der Waals surface area (Å²) in [6, 6.07) is 1.09. The largest absolute Gasteiger partial charge is 0.412 e. The fraction of sp³-hybridized carbons (Fsp3) is 1.00. The Balaban J connectivity index is 0. The van der Waals surface area contributed by atoms with Crippen molar-refractivity contribution >= 4 is 20.2 Å². The fourth-order valence-corrected chi connectivity index (χ4v) is 7.57. The van der Waals surface area contributed by atoms with E-state index in [1.807, 2.05) is 0 Å². The Morgan fingerprint density at radius 3 is 1.90 bits per heavy atom. The van der Waals surface area contributed by atoms with E-state index in [0.717, 1.165) is 38.7 Å². The molecule has 124 valence electrons. The summed E-state index contributed by atoms with van der Waals surface area (Å²) < 4.78 is 18.5. The molecule has 1 heterocycles. The van der Waals surface area contributed by atoms with Crippen LogP contribution in [0.2, 0.25) is 6.04 Å². The van der Waals surface area contributed by atoms with Crippen LogP contribution in [0.15, 0.2) is 0 Å². The van der Waals surface area contributed by atoms with Gasteiger partial charge in [-0.2, -0.15) is 0 Å². The second-order valence-electron chi connectivity index (χ2n) is 4.61. The Morgan fingerprint density at radius 1 is 0.950 bits per heavy atom. The lowest BCUT2D eigenvalue weighted by Crippen LogP contribution is -2.65. The molecule has 1 rings (SSSR count). The molecule has 20 heavy (non-hydrogen) atoms. The van der Waals surface area contributed by atoms with Gasteiger partial charge in [0.2, 0.25) is 0 Å². The third-order valence-electron chi connectivity index (χ3n) is 3.78. The lowest BCUT2D eigenvalue weighted by molar-refractivity contribution is -0.0426. The number of hydrogen-bond acceptors (Lipinski definition) is 3. The quantitative estimate of drug-likeness (QED) is 0.531. The average molecular weight is 329 g/mol. The first-order valence-electron chi connectivity index (χ1n) is 7.50. The molecule has 1 unspecified atom stereocenters. The molecule has 0 aliphatic carbocycles. The number of halogens is 1. The van der Waals surface area contributed by atoms with E-state index in [1.165, 1.54) is 19.2 Å². The van der Waals surface area contributed by atoms with Crippen LogP contribution in [-0.4, -0.2) is 45.5 Å². The van der Waals surface area contributed by atoms with Crippen molar-refractivity contribution in [2.24, 2.45) is 0 Å². The summed E-state index contributed by atoms with van der Waals surface area (Å²) in [5, 5.41) is -0.119. The third-order valence-corrected chi connectivity index (χ3v) is 8.44. The molecular weight excluding hydrogens is 296 g/mol. The van der Waals surface area contributed by atoms with Crippen molar-refractivity contribution in [3.05, 3.63) is 0 Å². The maximum atomic E-state index is 6.16. The maximum absolute atomic E-state index is 6.16. The van der Waals surface area contributed by atoms with Crippen molar-refractivity contribution in [1.29, 1.82) is 0 Å².